The number of rotatable bonds is 5. The maximum absolute atomic E-state index is 14.0. The van der Waals surface area contributed by atoms with Crippen molar-refractivity contribution in [3.8, 4) is 0 Å². The summed E-state index contributed by atoms with van der Waals surface area (Å²) in [6.45, 7) is 4.88. The van der Waals surface area contributed by atoms with E-state index >= 15 is 0 Å². The monoisotopic (exact) mass is 293 g/mol. The van der Waals surface area contributed by atoms with Crippen LogP contribution in [-0.4, -0.2) is 35.2 Å². The topological polar surface area (TPSA) is 43.7 Å². The summed E-state index contributed by atoms with van der Waals surface area (Å²) in [5.74, 6) is 0.465. The van der Waals surface area contributed by atoms with Gasteiger partial charge in [-0.2, -0.15) is 0 Å². The molecule has 1 heterocycles. The van der Waals surface area contributed by atoms with Gasteiger partial charge in [-0.25, -0.2) is 4.39 Å². The van der Waals surface area contributed by atoms with Crippen LogP contribution in [0.5, 0.6) is 0 Å². The molecule has 0 radical (unpaired) electrons. The van der Waals surface area contributed by atoms with Crippen molar-refractivity contribution in [1.82, 2.24) is 4.90 Å². The molecule has 0 aromatic heterocycles. The van der Waals surface area contributed by atoms with Crippen LogP contribution in [0.1, 0.15) is 44.6 Å². The average Bonchev–Trinajstić information content (AvgIpc) is 2.67. The number of likely N-dealkylation sites (tertiary alicyclic amines) is 1. The predicted molar refractivity (Wildman–Crippen MR) is 83.8 cm³/mol. The summed E-state index contributed by atoms with van der Waals surface area (Å²) in [4.78, 5) is 2.31. The Morgan fingerprint density at radius 1 is 1.29 bits per heavy atom. The molecule has 1 fully saturated rings. The SMILES string of the molecule is CCCC1CCCN(Cc2ccc(B(O)O)cc2F)CC1. The van der Waals surface area contributed by atoms with E-state index in [0.29, 0.717) is 12.1 Å². The minimum Gasteiger partial charge on any atom is -0.423 e. The maximum Gasteiger partial charge on any atom is 0.488 e. The van der Waals surface area contributed by atoms with Gasteiger partial charge in [0.25, 0.3) is 0 Å². The lowest BCUT2D eigenvalue weighted by Gasteiger charge is -2.20. The van der Waals surface area contributed by atoms with E-state index in [2.05, 4.69) is 11.8 Å². The molecule has 1 aromatic carbocycles. The summed E-state index contributed by atoms with van der Waals surface area (Å²) in [7, 11) is -1.61. The Kier molecular flexibility index (Phi) is 6.21. The molecule has 1 saturated heterocycles. The molecule has 1 aliphatic heterocycles. The lowest BCUT2D eigenvalue weighted by atomic mass is 9.80. The number of hydrogen-bond donors (Lipinski definition) is 2. The Balaban J connectivity index is 1.95. The van der Waals surface area contributed by atoms with Gasteiger partial charge in [0.15, 0.2) is 0 Å². The average molecular weight is 293 g/mol. The summed E-state index contributed by atoms with van der Waals surface area (Å²) < 4.78 is 14.0. The molecule has 5 heteroatoms. The third-order valence-corrected chi connectivity index (χ3v) is 4.41. The van der Waals surface area contributed by atoms with Crippen LogP contribution in [0.25, 0.3) is 0 Å². The van der Waals surface area contributed by atoms with Crippen molar-refractivity contribution in [1.29, 1.82) is 0 Å². The fourth-order valence-corrected chi connectivity index (χ4v) is 3.17. The van der Waals surface area contributed by atoms with Gasteiger partial charge in [0, 0.05) is 12.1 Å². The summed E-state index contributed by atoms with van der Waals surface area (Å²) in [6.07, 6.45) is 6.20. The van der Waals surface area contributed by atoms with Crippen molar-refractivity contribution < 1.29 is 14.4 Å². The normalized spacial score (nSPS) is 20.3. The van der Waals surface area contributed by atoms with Crippen LogP contribution in [0.2, 0.25) is 0 Å². The van der Waals surface area contributed by atoms with E-state index in [1.165, 1.54) is 38.2 Å². The van der Waals surface area contributed by atoms with Crippen LogP contribution in [0.15, 0.2) is 18.2 Å². The highest BCUT2D eigenvalue weighted by Gasteiger charge is 2.18. The standard InChI is InChI=1S/C16H25BFNO2/c1-2-4-13-5-3-9-19(10-8-13)12-14-6-7-15(17(20)21)11-16(14)18/h6-7,11,13,20-21H,2-5,8-10,12H2,1H3. The lowest BCUT2D eigenvalue weighted by Crippen LogP contribution is -2.31. The van der Waals surface area contributed by atoms with Crippen molar-refractivity contribution in [2.24, 2.45) is 5.92 Å². The zero-order valence-electron chi connectivity index (χ0n) is 12.8. The quantitative estimate of drug-likeness (QED) is 0.815. The first kappa shape index (κ1) is 16.5. The van der Waals surface area contributed by atoms with Crippen LogP contribution in [0, 0.1) is 11.7 Å². The van der Waals surface area contributed by atoms with Gasteiger partial charge in [-0.1, -0.05) is 31.9 Å². The molecule has 0 spiro atoms. The van der Waals surface area contributed by atoms with Gasteiger partial charge in [-0.15, -0.1) is 0 Å². The minimum absolute atomic E-state index is 0.204. The first-order valence-electron chi connectivity index (χ1n) is 7.97. The predicted octanol–water partition coefficient (Wildman–Crippen LogP) is 1.91. The summed E-state index contributed by atoms with van der Waals surface area (Å²) >= 11 is 0. The second-order valence-corrected chi connectivity index (χ2v) is 6.09. The molecule has 0 amide bonds. The minimum atomic E-state index is -1.61. The fourth-order valence-electron chi connectivity index (χ4n) is 3.17. The molecule has 2 N–H and O–H groups in total. The zero-order chi connectivity index (χ0) is 15.2. The van der Waals surface area contributed by atoms with Gasteiger partial charge in [0.05, 0.1) is 0 Å². The molecule has 0 aliphatic carbocycles. The number of halogens is 1. The van der Waals surface area contributed by atoms with E-state index < -0.39 is 7.12 Å². The number of hydrogen-bond acceptors (Lipinski definition) is 3. The van der Waals surface area contributed by atoms with Gasteiger partial charge < -0.3 is 10.0 Å². The molecule has 1 aromatic rings. The van der Waals surface area contributed by atoms with E-state index in [0.717, 1.165) is 19.0 Å². The van der Waals surface area contributed by atoms with E-state index in [9.17, 15) is 4.39 Å². The van der Waals surface area contributed by atoms with Gasteiger partial charge >= 0.3 is 7.12 Å². The summed E-state index contributed by atoms with van der Waals surface area (Å²) in [5.41, 5.74) is 0.837. The Hall–Kier alpha value is -0.905. The van der Waals surface area contributed by atoms with Crippen LogP contribution in [-0.2, 0) is 6.54 Å². The Bertz CT molecular complexity index is 456. The van der Waals surface area contributed by atoms with Crippen molar-refractivity contribution in [2.75, 3.05) is 13.1 Å². The van der Waals surface area contributed by atoms with Crippen LogP contribution in [0.4, 0.5) is 4.39 Å². The first-order valence-corrected chi connectivity index (χ1v) is 7.97. The zero-order valence-corrected chi connectivity index (χ0v) is 12.8. The summed E-state index contributed by atoms with van der Waals surface area (Å²) in [6, 6.07) is 4.47. The van der Waals surface area contributed by atoms with E-state index in [4.69, 9.17) is 10.0 Å². The summed E-state index contributed by atoms with van der Waals surface area (Å²) in [5, 5.41) is 18.1. The Labute approximate surface area is 126 Å². The number of nitrogens with zero attached hydrogens (tertiary/aromatic N) is 1. The molecule has 0 bridgehead atoms. The molecule has 1 aliphatic rings. The first-order chi connectivity index (χ1) is 10.1. The van der Waals surface area contributed by atoms with E-state index in [1.54, 1.807) is 12.1 Å². The Morgan fingerprint density at radius 2 is 2.10 bits per heavy atom. The van der Waals surface area contributed by atoms with E-state index in [-0.39, 0.29) is 11.3 Å². The molecule has 116 valence electrons. The highest BCUT2D eigenvalue weighted by atomic mass is 19.1. The molecule has 21 heavy (non-hydrogen) atoms. The molecular formula is C16H25BFNO2. The van der Waals surface area contributed by atoms with Gasteiger partial charge in [-0.3, -0.25) is 4.90 Å². The maximum atomic E-state index is 14.0. The van der Waals surface area contributed by atoms with Crippen LogP contribution < -0.4 is 5.46 Å². The second kappa shape index (κ2) is 7.92. The van der Waals surface area contributed by atoms with Crippen molar-refractivity contribution in [3.63, 3.8) is 0 Å². The van der Waals surface area contributed by atoms with E-state index in [1.807, 2.05) is 0 Å². The molecular weight excluding hydrogens is 268 g/mol. The molecule has 1 atom stereocenters. The molecule has 0 saturated carbocycles. The van der Waals surface area contributed by atoms with Gasteiger partial charge in [-0.05, 0) is 49.8 Å². The lowest BCUT2D eigenvalue weighted by molar-refractivity contribution is 0.267. The molecule has 3 nitrogen and oxygen atoms in total. The third-order valence-electron chi connectivity index (χ3n) is 4.41. The van der Waals surface area contributed by atoms with Crippen molar-refractivity contribution in [2.45, 2.75) is 45.6 Å². The van der Waals surface area contributed by atoms with Crippen LogP contribution in [0.3, 0.4) is 0 Å². The second-order valence-electron chi connectivity index (χ2n) is 6.09. The van der Waals surface area contributed by atoms with Crippen LogP contribution >= 0.6 is 0 Å². The highest BCUT2D eigenvalue weighted by molar-refractivity contribution is 6.58. The van der Waals surface area contributed by atoms with Gasteiger partial charge in [0.2, 0.25) is 0 Å². The van der Waals surface area contributed by atoms with Crippen molar-refractivity contribution in [3.05, 3.63) is 29.6 Å². The molecule has 1 unspecified atom stereocenters. The number of benzene rings is 1. The smallest absolute Gasteiger partial charge is 0.423 e. The largest absolute Gasteiger partial charge is 0.488 e. The van der Waals surface area contributed by atoms with Gasteiger partial charge in [0.1, 0.15) is 5.82 Å². The Morgan fingerprint density at radius 3 is 2.76 bits per heavy atom. The fraction of sp³-hybridized carbons (Fsp3) is 0.625. The molecule has 2 rings (SSSR count). The van der Waals surface area contributed by atoms with Crippen molar-refractivity contribution >= 4 is 12.6 Å². The highest BCUT2D eigenvalue weighted by Crippen LogP contribution is 2.23. The third kappa shape index (κ3) is 4.80.